The first-order valence-corrected chi connectivity index (χ1v) is 7.44. The summed E-state index contributed by atoms with van der Waals surface area (Å²) in [7, 11) is 0. The number of phenolic OH excluding ortho intramolecular Hbond substituents is 1. The lowest BCUT2D eigenvalue weighted by atomic mass is 9.96. The van der Waals surface area contributed by atoms with Gasteiger partial charge in [0.05, 0.1) is 5.92 Å². The van der Waals surface area contributed by atoms with E-state index in [0.29, 0.717) is 25.1 Å². The molecule has 2 aromatic rings. The van der Waals surface area contributed by atoms with Gasteiger partial charge in [0.2, 0.25) is 0 Å². The van der Waals surface area contributed by atoms with Crippen molar-refractivity contribution < 1.29 is 18.3 Å². The topological polar surface area (TPSA) is 23.5 Å². The number of hydrogen-bond acceptors (Lipinski definition) is 2. The Morgan fingerprint density at radius 1 is 1.14 bits per heavy atom. The summed E-state index contributed by atoms with van der Waals surface area (Å²) in [6, 6.07) is 11.1. The van der Waals surface area contributed by atoms with Crippen molar-refractivity contribution in [3.05, 3.63) is 42.0 Å². The Morgan fingerprint density at radius 2 is 1.91 bits per heavy atom. The molecule has 1 atom stereocenters. The molecule has 1 saturated heterocycles. The highest BCUT2D eigenvalue weighted by Gasteiger charge is 2.41. The Kier molecular flexibility index (Phi) is 4.00. The molecular weight excluding hydrogens is 291 g/mol. The largest absolute Gasteiger partial charge is 0.508 e. The molecule has 22 heavy (non-hydrogen) atoms. The van der Waals surface area contributed by atoms with E-state index in [1.165, 1.54) is 0 Å². The molecule has 3 rings (SSSR count). The minimum atomic E-state index is -4.14. The van der Waals surface area contributed by atoms with Gasteiger partial charge in [-0.15, -0.1) is 0 Å². The monoisotopic (exact) mass is 309 g/mol. The second-order valence-corrected chi connectivity index (χ2v) is 5.90. The second-order valence-electron chi connectivity index (χ2n) is 5.90. The van der Waals surface area contributed by atoms with Crippen LogP contribution in [0.1, 0.15) is 18.4 Å². The van der Waals surface area contributed by atoms with Gasteiger partial charge in [0.1, 0.15) is 5.75 Å². The van der Waals surface area contributed by atoms with Gasteiger partial charge in [-0.1, -0.05) is 30.3 Å². The molecule has 0 unspecified atom stereocenters. The first-order valence-electron chi connectivity index (χ1n) is 7.44. The number of hydrogen-bond donors (Lipinski definition) is 1. The van der Waals surface area contributed by atoms with Gasteiger partial charge >= 0.3 is 6.18 Å². The number of piperidine rings is 1. The highest BCUT2D eigenvalue weighted by atomic mass is 19.4. The van der Waals surface area contributed by atoms with Crippen LogP contribution < -0.4 is 0 Å². The first-order chi connectivity index (χ1) is 10.4. The van der Waals surface area contributed by atoms with Gasteiger partial charge in [0.25, 0.3) is 0 Å². The number of aromatic hydroxyl groups is 1. The van der Waals surface area contributed by atoms with E-state index >= 15 is 0 Å². The molecule has 0 bridgehead atoms. The standard InChI is InChI=1S/C17H18F3NO/c18-17(19,20)13-5-3-9-21(10-13)11-15-14-6-2-1-4-12(14)7-8-16(15)22/h1-2,4,6-8,13,22H,3,5,9-11H2/t13-/m0/s1. The molecule has 0 spiro atoms. The van der Waals surface area contributed by atoms with Crippen LogP contribution in [0, 0.1) is 5.92 Å². The molecule has 1 aliphatic rings. The summed E-state index contributed by atoms with van der Waals surface area (Å²) in [5.41, 5.74) is 0.709. The van der Waals surface area contributed by atoms with Crippen LogP contribution in [-0.2, 0) is 6.54 Å². The number of rotatable bonds is 2. The van der Waals surface area contributed by atoms with Crippen molar-refractivity contribution >= 4 is 10.8 Å². The van der Waals surface area contributed by atoms with Gasteiger partial charge in [-0.3, -0.25) is 4.90 Å². The number of halogens is 3. The SMILES string of the molecule is Oc1ccc2ccccc2c1CN1CCC[C@H](C(F)(F)F)C1. The smallest absolute Gasteiger partial charge is 0.393 e. The number of likely N-dealkylation sites (tertiary alicyclic amines) is 1. The van der Waals surface area contributed by atoms with Crippen LogP contribution in [0.5, 0.6) is 5.75 Å². The third kappa shape index (κ3) is 3.04. The van der Waals surface area contributed by atoms with Crippen molar-refractivity contribution in [2.45, 2.75) is 25.6 Å². The Labute approximate surface area is 127 Å². The second kappa shape index (κ2) is 5.80. The summed E-state index contributed by atoms with van der Waals surface area (Å²) >= 11 is 0. The lowest BCUT2D eigenvalue weighted by molar-refractivity contribution is -0.187. The van der Waals surface area contributed by atoms with Gasteiger partial charge < -0.3 is 5.11 Å². The van der Waals surface area contributed by atoms with E-state index in [2.05, 4.69) is 0 Å². The van der Waals surface area contributed by atoms with Gasteiger partial charge in [0, 0.05) is 18.7 Å². The molecule has 1 heterocycles. The summed E-state index contributed by atoms with van der Waals surface area (Å²) < 4.78 is 38.7. The summed E-state index contributed by atoms with van der Waals surface area (Å²) in [6.07, 6.45) is -3.41. The molecule has 1 fully saturated rings. The minimum Gasteiger partial charge on any atom is -0.508 e. The highest BCUT2D eigenvalue weighted by Crippen LogP contribution is 2.35. The molecule has 0 amide bonds. The number of phenols is 1. The molecule has 0 radical (unpaired) electrons. The first kappa shape index (κ1) is 15.2. The molecule has 2 aromatic carbocycles. The minimum absolute atomic E-state index is 0.00611. The van der Waals surface area contributed by atoms with Crippen LogP contribution in [0.2, 0.25) is 0 Å². The Balaban J connectivity index is 1.85. The van der Waals surface area contributed by atoms with Crippen molar-refractivity contribution in [2.24, 2.45) is 5.92 Å². The molecule has 0 aliphatic carbocycles. The third-order valence-corrected chi connectivity index (χ3v) is 4.37. The lowest BCUT2D eigenvalue weighted by Gasteiger charge is -2.34. The fourth-order valence-electron chi connectivity index (χ4n) is 3.18. The van der Waals surface area contributed by atoms with Crippen molar-refractivity contribution in [2.75, 3.05) is 13.1 Å². The van der Waals surface area contributed by atoms with E-state index in [1.54, 1.807) is 11.0 Å². The van der Waals surface area contributed by atoms with Crippen LogP contribution in [0.4, 0.5) is 13.2 Å². The molecule has 5 heteroatoms. The Hall–Kier alpha value is -1.75. The number of fused-ring (bicyclic) bond motifs is 1. The normalized spacial score (nSPS) is 20.4. The van der Waals surface area contributed by atoms with E-state index in [0.717, 1.165) is 10.8 Å². The average molecular weight is 309 g/mol. The summed E-state index contributed by atoms with van der Waals surface area (Å²) in [5, 5.41) is 12.0. The van der Waals surface area contributed by atoms with Gasteiger partial charge in [-0.25, -0.2) is 0 Å². The molecular formula is C17H18F3NO. The van der Waals surface area contributed by atoms with Crippen molar-refractivity contribution in [3.8, 4) is 5.75 Å². The van der Waals surface area contributed by atoms with Crippen LogP contribution in [0.25, 0.3) is 10.8 Å². The molecule has 0 aromatic heterocycles. The van der Waals surface area contributed by atoms with E-state index in [1.807, 2.05) is 30.3 Å². The quantitative estimate of drug-likeness (QED) is 0.893. The molecule has 2 nitrogen and oxygen atoms in total. The van der Waals surface area contributed by atoms with Crippen molar-refractivity contribution in [3.63, 3.8) is 0 Å². The highest BCUT2D eigenvalue weighted by molar-refractivity contribution is 5.87. The third-order valence-electron chi connectivity index (χ3n) is 4.37. The zero-order chi connectivity index (χ0) is 15.7. The Morgan fingerprint density at radius 3 is 2.68 bits per heavy atom. The van der Waals surface area contributed by atoms with Gasteiger partial charge in [-0.05, 0) is 36.2 Å². The molecule has 0 saturated carbocycles. The lowest BCUT2D eigenvalue weighted by Crippen LogP contribution is -2.41. The van der Waals surface area contributed by atoms with Crippen LogP contribution in [0.3, 0.4) is 0 Å². The molecule has 1 N–H and O–H groups in total. The van der Waals surface area contributed by atoms with E-state index in [4.69, 9.17) is 0 Å². The maximum atomic E-state index is 12.9. The maximum absolute atomic E-state index is 12.9. The van der Waals surface area contributed by atoms with Crippen molar-refractivity contribution in [1.82, 2.24) is 4.90 Å². The fourth-order valence-corrected chi connectivity index (χ4v) is 3.18. The number of nitrogens with zero attached hydrogens (tertiary/aromatic N) is 1. The molecule has 1 aliphatic heterocycles. The van der Waals surface area contributed by atoms with E-state index in [-0.39, 0.29) is 18.7 Å². The van der Waals surface area contributed by atoms with Crippen LogP contribution in [0.15, 0.2) is 36.4 Å². The maximum Gasteiger partial charge on any atom is 0.393 e. The summed E-state index contributed by atoms with van der Waals surface area (Å²) in [5.74, 6) is -1.12. The number of benzene rings is 2. The van der Waals surface area contributed by atoms with Gasteiger partial charge in [-0.2, -0.15) is 13.2 Å². The van der Waals surface area contributed by atoms with E-state index < -0.39 is 12.1 Å². The average Bonchev–Trinajstić information content (AvgIpc) is 2.50. The predicted molar refractivity (Wildman–Crippen MR) is 79.7 cm³/mol. The van der Waals surface area contributed by atoms with E-state index in [9.17, 15) is 18.3 Å². The molecule has 118 valence electrons. The fraction of sp³-hybridized carbons (Fsp3) is 0.412. The zero-order valence-electron chi connectivity index (χ0n) is 12.1. The van der Waals surface area contributed by atoms with Crippen LogP contribution in [-0.4, -0.2) is 29.3 Å². The summed E-state index contributed by atoms with van der Waals surface area (Å²) in [6.45, 7) is 0.987. The predicted octanol–water partition coefficient (Wildman–Crippen LogP) is 4.32. The zero-order valence-corrected chi connectivity index (χ0v) is 12.1. The number of alkyl halides is 3. The Bertz CT molecular complexity index is 668. The van der Waals surface area contributed by atoms with Crippen LogP contribution >= 0.6 is 0 Å². The van der Waals surface area contributed by atoms with Gasteiger partial charge in [0.15, 0.2) is 0 Å². The van der Waals surface area contributed by atoms with Crippen molar-refractivity contribution in [1.29, 1.82) is 0 Å². The summed E-state index contributed by atoms with van der Waals surface area (Å²) in [4.78, 5) is 1.79.